The van der Waals surface area contributed by atoms with Crippen LogP contribution in [0.25, 0.3) is 0 Å². The van der Waals surface area contributed by atoms with Gasteiger partial charge in [-0.3, -0.25) is 20.2 Å². The van der Waals surface area contributed by atoms with Crippen molar-refractivity contribution in [2.45, 2.75) is 71.1 Å². The van der Waals surface area contributed by atoms with Gasteiger partial charge in [-0.25, -0.2) is 0 Å². The molecule has 7 heteroatoms. The Bertz CT molecular complexity index is 510. The third-order valence-electron chi connectivity index (χ3n) is 3.65. The molecular formula is C18H28N2O5. The van der Waals surface area contributed by atoms with Gasteiger partial charge in [0, 0.05) is 6.42 Å². The molecule has 0 N–H and O–H groups in total. The topological polar surface area (TPSA) is 103 Å². The van der Waals surface area contributed by atoms with Crippen LogP contribution in [0.4, 0.5) is 0 Å². The molecule has 0 bridgehead atoms. The second kappa shape index (κ2) is 15.2. The molecule has 0 unspecified atom stereocenters. The molecule has 0 radical (unpaired) electrons. The average Bonchev–Trinajstić information content (AvgIpc) is 2.57. The third kappa shape index (κ3) is 12.7. The first-order valence-electron chi connectivity index (χ1n) is 8.78. The maximum absolute atomic E-state index is 11.1. The summed E-state index contributed by atoms with van der Waals surface area (Å²) in [6.45, 7) is 1.93. The molecule has 0 saturated carbocycles. The van der Waals surface area contributed by atoms with Gasteiger partial charge < -0.3 is 4.79 Å². The van der Waals surface area contributed by atoms with Gasteiger partial charge in [0.2, 0.25) is 11.4 Å². The Morgan fingerprint density at radius 2 is 1.36 bits per heavy atom. The normalized spacial score (nSPS) is 12.5. The molecule has 0 rings (SSSR count). The van der Waals surface area contributed by atoms with E-state index in [-0.39, 0.29) is 24.2 Å². The first-order valence-corrected chi connectivity index (χ1v) is 8.78. The Labute approximate surface area is 148 Å². The van der Waals surface area contributed by atoms with Crippen LogP contribution >= 0.6 is 0 Å². The molecule has 0 spiro atoms. The highest BCUT2D eigenvalue weighted by atomic mass is 16.6. The van der Waals surface area contributed by atoms with Crippen molar-refractivity contribution in [1.82, 2.24) is 0 Å². The number of allylic oxidation sites excluding steroid dienone is 4. The zero-order valence-corrected chi connectivity index (χ0v) is 14.9. The van der Waals surface area contributed by atoms with Gasteiger partial charge in [-0.1, -0.05) is 38.3 Å². The molecular weight excluding hydrogens is 324 g/mol. The van der Waals surface area contributed by atoms with Crippen LogP contribution < -0.4 is 0 Å². The fourth-order valence-corrected chi connectivity index (χ4v) is 2.23. The summed E-state index contributed by atoms with van der Waals surface area (Å²) in [6, 6.07) is 0. The number of unbranched alkanes of at least 4 members (excludes halogenated alkanes) is 6. The van der Waals surface area contributed by atoms with E-state index in [1.165, 1.54) is 6.08 Å². The second-order valence-electron chi connectivity index (χ2n) is 5.70. The minimum Gasteiger partial charge on any atom is -0.303 e. The van der Waals surface area contributed by atoms with Crippen molar-refractivity contribution in [3.8, 4) is 0 Å². The molecule has 0 aliphatic carbocycles. The van der Waals surface area contributed by atoms with Gasteiger partial charge in [0.1, 0.15) is 6.29 Å². The monoisotopic (exact) mass is 352 g/mol. The highest BCUT2D eigenvalue weighted by Crippen LogP contribution is 2.13. The summed E-state index contributed by atoms with van der Waals surface area (Å²) in [4.78, 5) is 31.3. The van der Waals surface area contributed by atoms with Crippen molar-refractivity contribution < 1.29 is 14.6 Å². The number of rotatable bonds is 15. The predicted octanol–water partition coefficient (Wildman–Crippen LogP) is 4.98. The average molecular weight is 352 g/mol. The fraction of sp³-hybridized carbons (Fsp3) is 0.611. The standard InChI is InChI=1S/C18H28N2O5/c1-2-3-9-12-17(19(22)23)14-15-18(20(24)25)13-10-7-5-4-6-8-11-16-21/h3,9,13-14,16H,2,4-8,10-12,15H2,1H3. The van der Waals surface area contributed by atoms with Crippen LogP contribution in [0.1, 0.15) is 71.1 Å². The Hall–Kier alpha value is -2.31. The smallest absolute Gasteiger partial charge is 0.246 e. The van der Waals surface area contributed by atoms with Crippen molar-refractivity contribution in [3.63, 3.8) is 0 Å². The summed E-state index contributed by atoms with van der Waals surface area (Å²) in [5, 5.41) is 22.0. The van der Waals surface area contributed by atoms with E-state index in [2.05, 4.69) is 0 Å². The first-order chi connectivity index (χ1) is 12.0. The zero-order valence-electron chi connectivity index (χ0n) is 14.9. The Balaban J connectivity index is 4.44. The minimum absolute atomic E-state index is 0.000207. The molecule has 0 aromatic carbocycles. The molecule has 0 atom stereocenters. The van der Waals surface area contributed by atoms with E-state index in [1.807, 2.05) is 13.0 Å². The summed E-state index contributed by atoms with van der Waals surface area (Å²) in [6.07, 6.45) is 14.1. The highest BCUT2D eigenvalue weighted by molar-refractivity contribution is 5.48. The van der Waals surface area contributed by atoms with Crippen LogP contribution in [-0.2, 0) is 4.79 Å². The van der Waals surface area contributed by atoms with Gasteiger partial charge in [0.05, 0.1) is 22.7 Å². The molecule has 0 aliphatic rings. The van der Waals surface area contributed by atoms with Crippen LogP contribution in [-0.4, -0.2) is 16.1 Å². The molecule has 0 aliphatic heterocycles. The number of nitrogens with zero attached hydrogens (tertiary/aromatic N) is 2. The summed E-state index contributed by atoms with van der Waals surface area (Å²) in [7, 11) is 0. The van der Waals surface area contributed by atoms with E-state index in [9.17, 15) is 25.0 Å². The van der Waals surface area contributed by atoms with E-state index >= 15 is 0 Å². The van der Waals surface area contributed by atoms with Crippen molar-refractivity contribution in [3.05, 3.63) is 55.9 Å². The summed E-state index contributed by atoms with van der Waals surface area (Å²) >= 11 is 0. The Morgan fingerprint density at radius 1 is 0.800 bits per heavy atom. The van der Waals surface area contributed by atoms with Crippen molar-refractivity contribution in [2.24, 2.45) is 0 Å². The SMILES string of the molecule is CCC=CCC(=CCC(=CCCCCCCCC=O)[N+](=O)[O-])[N+](=O)[O-]. The number of hydrogen-bond donors (Lipinski definition) is 0. The van der Waals surface area contributed by atoms with Gasteiger partial charge in [-0.2, -0.15) is 0 Å². The van der Waals surface area contributed by atoms with Gasteiger partial charge in [-0.05, 0) is 37.8 Å². The maximum atomic E-state index is 11.1. The molecule has 0 aromatic heterocycles. The summed E-state index contributed by atoms with van der Waals surface area (Å²) < 4.78 is 0. The van der Waals surface area contributed by atoms with Crippen LogP contribution in [0.15, 0.2) is 35.7 Å². The lowest BCUT2D eigenvalue weighted by Gasteiger charge is -1.99. The van der Waals surface area contributed by atoms with Crippen LogP contribution in [0.5, 0.6) is 0 Å². The molecule has 140 valence electrons. The van der Waals surface area contributed by atoms with Crippen LogP contribution in [0.3, 0.4) is 0 Å². The number of carbonyl (C=O) groups excluding carboxylic acids is 1. The lowest BCUT2D eigenvalue weighted by Crippen LogP contribution is -2.01. The van der Waals surface area contributed by atoms with E-state index in [0.717, 1.165) is 44.8 Å². The first kappa shape index (κ1) is 22.7. The molecule has 0 amide bonds. The molecule has 0 heterocycles. The summed E-state index contributed by atoms with van der Waals surface area (Å²) in [5.41, 5.74) is -0.0209. The molecule has 0 aromatic rings. The number of aldehydes is 1. The molecule has 25 heavy (non-hydrogen) atoms. The molecule has 0 fully saturated rings. The largest absolute Gasteiger partial charge is 0.303 e. The van der Waals surface area contributed by atoms with E-state index in [0.29, 0.717) is 12.8 Å². The van der Waals surface area contributed by atoms with E-state index < -0.39 is 9.85 Å². The van der Waals surface area contributed by atoms with Crippen molar-refractivity contribution in [2.75, 3.05) is 0 Å². The van der Waals surface area contributed by atoms with Crippen molar-refractivity contribution >= 4 is 6.29 Å². The van der Waals surface area contributed by atoms with Gasteiger partial charge >= 0.3 is 0 Å². The number of nitro groups is 2. The fourth-order valence-electron chi connectivity index (χ4n) is 2.23. The summed E-state index contributed by atoms with van der Waals surface area (Å²) in [5.74, 6) is 0. The highest BCUT2D eigenvalue weighted by Gasteiger charge is 2.13. The number of carbonyl (C=O) groups is 1. The zero-order chi connectivity index (χ0) is 18.9. The lowest BCUT2D eigenvalue weighted by molar-refractivity contribution is -0.431. The van der Waals surface area contributed by atoms with Crippen LogP contribution in [0, 0.1) is 20.2 Å². The lowest BCUT2D eigenvalue weighted by atomic mass is 10.1. The van der Waals surface area contributed by atoms with Gasteiger partial charge in [0.15, 0.2) is 0 Å². The van der Waals surface area contributed by atoms with E-state index in [4.69, 9.17) is 0 Å². The van der Waals surface area contributed by atoms with Crippen molar-refractivity contribution in [1.29, 1.82) is 0 Å². The molecule has 7 nitrogen and oxygen atoms in total. The maximum Gasteiger partial charge on any atom is 0.246 e. The Morgan fingerprint density at radius 3 is 1.92 bits per heavy atom. The quantitative estimate of drug-likeness (QED) is 0.136. The Kier molecular flexibility index (Phi) is 13.8. The van der Waals surface area contributed by atoms with Gasteiger partial charge in [-0.15, -0.1) is 0 Å². The van der Waals surface area contributed by atoms with E-state index in [1.54, 1.807) is 12.2 Å². The predicted molar refractivity (Wildman–Crippen MR) is 97.2 cm³/mol. The molecule has 0 saturated heterocycles. The van der Waals surface area contributed by atoms with Gasteiger partial charge in [0.25, 0.3) is 0 Å². The minimum atomic E-state index is -0.489. The second-order valence-corrected chi connectivity index (χ2v) is 5.70. The number of hydrogen-bond acceptors (Lipinski definition) is 5. The van der Waals surface area contributed by atoms with Crippen LogP contribution in [0.2, 0.25) is 0 Å². The third-order valence-corrected chi connectivity index (χ3v) is 3.65.